The van der Waals surface area contributed by atoms with Crippen molar-refractivity contribution in [1.82, 2.24) is 4.90 Å². The third-order valence-corrected chi connectivity index (χ3v) is 5.60. The standard InChI is InChI=1S/C16H19NOS/c1-2-4-16-13(3-1)9-14(19-16)11-18-15-10-17-7-5-12(15)6-8-17/h1-4,9,12,15H,5-8,10-11H2/t15-/m1/s1. The predicted octanol–water partition coefficient (Wildman–Crippen LogP) is 3.51. The molecule has 4 heterocycles. The van der Waals surface area contributed by atoms with E-state index >= 15 is 0 Å². The Bertz CT molecular complexity index is 538. The second-order valence-electron chi connectivity index (χ2n) is 5.74. The van der Waals surface area contributed by atoms with Gasteiger partial charge in [0, 0.05) is 16.1 Å². The average Bonchev–Trinajstić information content (AvgIpc) is 2.89. The van der Waals surface area contributed by atoms with Crippen LogP contribution in [0.1, 0.15) is 17.7 Å². The topological polar surface area (TPSA) is 12.5 Å². The van der Waals surface area contributed by atoms with Crippen LogP contribution in [0, 0.1) is 5.92 Å². The highest BCUT2D eigenvalue weighted by molar-refractivity contribution is 7.19. The molecule has 0 unspecified atom stereocenters. The van der Waals surface area contributed by atoms with Gasteiger partial charge in [0.05, 0.1) is 12.7 Å². The zero-order valence-electron chi connectivity index (χ0n) is 11.0. The number of fused-ring (bicyclic) bond motifs is 4. The molecule has 2 bridgehead atoms. The van der Waals surface area contributed by atoms with Crippen LogP contribution in [0.5, 0.6) is 0 Å². The summed E-state index contributed by atoms with van der Waals surface area (Å²) in [5.74, 6) is 0.805. The molecule has 1 atom stereocenters. The third kappa shape index (κ3) is 2.31. The first-order valence-electron chi connectivity index (χ1n) is 7.20. The van der Waals surface area contributed by atoms with Gasteiger partial charge in [-0.15, -0.1) is 11.3 Å². The molecular formula is C16H19NOS. The normalized spacial score (nSPS) is 30.0. The van der Waals surface area contributed by atoms with E-state index in [9.17, 15) is 0 Å². The lowest BCUT2D eigenvalue weighted by Crippen LogP contribution is -2.51. The minimum Gasteiger partial charge on any atom is -0.371 e. The van der Waals surface area contributed by atoms with Gasteiger partial charge >= 0.3 is 0 Å². The van der Waals surface area contributed by atoms with Crippen LogP contribution in [0.3, 0.4) is 0 Å². The van der Waals surface area contributed by atoms with E-state index in [1.165, 1.54) is 40.9 Å². The van der Waals surface area contributed by atoms with Gasteiger partial charge in [0.15, 0.2) is 0 Å². The molecule has 19 heavy (non-hydrogen) atoms. The first kappa shape index (κ1) is 11.9. The van der Waals surface area contributed by atoms with Crippen LogP contribution in [-0.2, 0) is 11.3 Å². The lowest BCUT2D eigenvalue weighted by molar-refractivity contribution is -0.0758. The first-order valence-corrected chi connectivity index (χ1v) is 8.01. The number of nitrogens with zero attached hydrogens (tertiary/aromatic N) is 1. The summed E-state index contributed by atoms with van der Waals surface area (Å²) < 4.78 is 7.57. The van der Waals surface area contributed by atoms with E-state index < -0.39 is 0 Å². The van der Waals surface area contributed by atoms with Crippen molar-refractivity contribution in [3.05, 3.63) is 35.2 Å². The number of ether oxygens (including phenoxy) is 1. The molecule has 2 aromatic rings. The van der Waals surface area contributed by atoms with Crippen molar-refractivity contribution in [2.45, 2.75) is 25.6 Å². The third-order valence-electron chi connectivity index (χ3n) is 4.51. The summed E-state index contributed by atoms with van der Waals surface area (Å²) in [6.45, 7) is 4.50. The molecule has 0 amide bonds. The van der Waals surface area contributed by atoms with E-state index in [1.807, 2.05) is 11.3 Å². The predicted molar refractivity (Wildman–Crippen MR) is 79.6 cm³/mol. The van der Waals surface area contributed by atoms with Gasteiger partial charge in [-0.25, -0.2) is 0 Å². The Kier molecular flexibility index (Phi) is 3.06. The Hall–Kier alpha value is -0.900. The highest BCUT2D eigenvalue weighted by atomic mass is 32.1. The molecule has 0 spiro atoms. The Morgan fingerprint density at radius 2 is 2.05 bits per heavy atom. The van der Waals surface area contributed by atoms with Crippen LogP contribution >= 0.6 is 11.3 Å². The fourth-order valence-electron chi connectivity index (χ4n) is 3.40. The molecule has 1 aromatic carbocycles. The molecule has 3 heteroatoms. The summed E-state index contributed by atoms with van der Waals surface area (Å²) in [6, 6.07) is 10.9. The largest absolute Gasteiger partial charge is 0.371 e. The highest BCUT2D eigenvalue weighted by Gasteiger charge is 2.34. The molecule has 0 N–H and O–H groups in total. The van der Waals surface area contributed by atoms with Gasteiger partial charge in [0.25, 0.3) is 0 Å². The lowest BCUT2D eigenvalue weighted by atomic mass is 9.86. The van der Waals surface area contributed by atoms with Crippen molar-refractivity contribution >= 4 is 21.4 Å². The van der Waals surface area contributed by atoms with E-state index in [-0.39, 0.29) is 0 Å². The molecular weight excluding hydrogens is 254 g/mol. The lowest BCUT2D eigenvalue weighted by Gasteiger charge is -2.44. The van der Waals surface area contributed by atoms with Gasteiger partial charge < -0.3 is 9.64 Å². The number of rotatable bonds is 3. The SMILES string of the molecule is c1ccc2sc(CO[C@@H]3CN4CCC3CC4)cc2c1. The van der Waals surface area contributed by atoms with E-state index in [1.54, 1.807) is 0 Å². The summed E-state index contributed by atoms with van der Waals surface area (Å²) in [4.78, 5) is 3.91. The highest BCUT2D eigenvalue weighted by Crippen LogP contribution is 2.31. The Balaban J connectivity index is 1.44. The van der Waals surface area contributed by atoms with Gasteiger partial charge in [-0.2, -0.15) is 0 Å². The van der Waals surface area contributed by atoms with Crippen LogP contribution in [-0.4, -0.2) is 30.6 Å². The van der Waals surface area contributed by atoms with Crippen LogP contribution in [0.15, 0.2) is 30.3 Å². The molecule has 0 saturated carbocycles. The van der Waals surface area contributed by atoms with Crippen molar-refractivity contribution < 1.29 is 4.74 Å². The molecule has 100 valence electrons. The average molecular weight is 273 g/mol. The maximum absolute atomic E-state index is 6.20. The summed E-state index contributed by atoms with van der Waals surface area (Å²) in [5.41, 5.74) is 0. The number of hydrogen-bond donors (Lipinski definition) is 0. The summed E-state index contributed by atoms with van der Waals surface area (Å²) in [6.07, 6.45) is 3.13. The fraction of sp³-hybridized carbons (Fsp3) is 0.500. The number of hydrogen-bond acceptors (Lipinski definition) is 3. The van der Waals surface area contributed by atoms with Gasteiger partial charge in [-0.05, 0) is 49.4 Å². The van der Waals surface area contributed by atoms with Crippen LogP contribution in [0.4, 0.5) is 0 Å². The summed E-state index contributed by atoms with van der Waals surface area (Å²) in [7, 11) is 0. The Morgan fingerprint density at radius 3 is 2.79 bits per heavy atom. The van der Waals surface area contributed by atoms with Crippen LogP contribution in [0.2, 0.25) is 0 Å². The Morgan fingerprint density at radius 1 is 1.21 bits per heavy atom. The van der Waals surface area contributed by atoms with E-state index in [4.69, 9.17) is 4.74 Å². The zero-order chi connectivity index (χ0) is 12.7. The van der Waals surface area contributed by atoms with Crippen LogP contribution < -0.4 is 0 Å². The first-order chi connectivity index (χ1) is 9.38. The molecule has 1 aromatic heterocycles. The smallest absolute Gasteiger partial charge is 0.0814 e. The summed E-state index contributed by atoms with van der Waals surface area (Å²) in [5, 5.41) is 1.35. The quantitative estimate of drug-likeness (QED) is 0.848. The maximum atomic E-state index is 6.20. The van der Waals surface area contributed by atoms with Crippen molar-refractivity contribution in [2.24, 2.45) is 5.92 Å². The van der Waals surface area contributed by atoms with E-state index in [0.717, 1.165) is 19.1 Å². The van der Waals surface area contributed by atoms with Crippen molar-refractivity contribution in [2.75, 3.05) is 19.6 Å². The van der Waals surface area contributed by atoms with Gasteiger partial charge in [-0.1, -0.05) is 18.2 Å². The molecule has 3 saturated heterocycles. The molecule has 3 fully saturated rings. The minimum atomic E-state index is 0.465. The van der Waals surface area contributed by atoms with Gasteiger partial charge in [0.1, 0.15) is 0 Å². The Labute approximate surface area is 118 Å². The number of benzene rings is 1. The number of thiophene rings is 1. The van der Waals surface area contributed by atoms with Gasteiger partial charge in [0.2, 0.25) is 0 Å². The molecule has 3 aliphatic rings. The van der Waals surface area contributed by atoms with Gasteiger partial charge in [-0.3, -0.25) is 0 Å². The van der Waals surface area contributed by atoms with Crippen molar-refractivity contribution in [3.8, 4) is 0 Å². The molecule has 0 radical (unpaired) electrons. The van der Waals surface area contributed by atoms with E-state index in [2.05, 4.69) is 35.2 Å². The molecule has 3 aliphatic heterocycles. The number of piperidine rings is 3. The van der Waals surface area contributed by atoms with Crippen molar-refractivity contribution in [3.63, 3.8) is 0 Å². The van der Waals surface area contributed by atoms with E-state index in [0.29, 0.717) is 6.10 Å². The molecule has 0 aliphatic carbocycles. The fourth-order valence-corrected chi connectivity index (χ4v) is 4.38. The monoisotopic (exact) mass is 273 g/mol. The summed E-state index contributed by atoms with van der Waals surface area (Å²) >= 11 is 1.87. The second kappa shape index (κ2) is 4.89. The van der Waals surface area contributed by atoms with Crippen LogP contribution in [0.25, 0.3) is 10.1 Å². The molecule has 5 rings (SSSR count). The molecule has 2 nitrogen and oxygen atoms in total. The van der Waals surface area contributed by atoms with Crippen molar-refractivity contribution in [1.29, 1.82) is 0 Å². The maximum Gasteiger partial charge on any atom is 0.0814 e. The second-order valence-corrected chi connectivity index (χ2v) is 6.91. The zero-order valence-corrected chi connectivity index (χ0v) is 11.9. The minimum absolute atomic E-state index is 0.465.